The number of unbranched alkanes of at least 4 members (excludes halogenated alkanes) is 4. The van der Waals surface area contributed by atoms with Crippen LogP contribution in [0.15, 0.2) is 0 Å². The van der Waals surface area contributed by atoms with Gasteiger partial charge in [0.1, 0.15) is 0 Å². The predicted octanol–water partition coefficient (Wildman–Crippen LogP) is 3.93. The van der Waals surface area contributed by atoms with Gasteiger partial charge >= 0.3 is 0 Å². The molecule has 1 rings (SSSR count). The normalized spacial score (nSPS) is 17.1. The highest BCUT2D eigenvalue weighted by Crippen LogP contribution is 2.16. The van der Waals surface area contributed by atoms with Crippen molar-refractivity contribution in [1.29, 1.82) is 0 Å². The molecule has 0 N–H and O–H groups in total. The quantitative estimate of drug-likeness (QED) is 0.260. The van der Waals surface area contributed by atoms with Crippen molar-refractivity contribution in [2.24, 2.45) is 0 Å². The second-order valence-electron chi connectivity index (χ2n) is 7.33. The number of epoxide rings is 1. The van der Waals surface area contributed by atoms with Crippen LogP contribution in [0.2, 0.25) is 0 Å². The Morgan fingerprint density at radius 1 is 0.840 bits per heavy atom. The average molecular weight is 380 g/mol. The van der Waals surface area contributed by atoms with Gasteiger partial charge in [-0.15, -0.1) is 0 Å². The van der Waals surface area contributed by atoms with Gasteiger partial charge in [-0.25, -0.2) is 8.42 Å². The van der Waals surface area contributed by atoms with Crippen LogP contribution >= 0.6 is 0 Å². The number of hydrogen-bond acceptors (Lipinski definition) is 4. The summed E-state index contributed by atoms with van der Waals surface area (Å²) >= 11 is 0. The lowest BCUT2D eigenvalue weighted by atomic mass is 10.1. The van der Waals surface area contributed by atoms with E-state index >= 15 is 0 Å². The van der Waals surface area contributed by atoms with E-state index in [1.165, 1.54) is 82.0 Å². The molecular weight excluding hydrogens is 338 g/mol. The first kappa shape index (κ1) is 24.8. The van der Waals surface area contributed by atoms with Crippen LogP contribution in [0.25, 0.3) is 0 Å². The van der Waals surface area contributed by atoms with Crippen molar-refractivity contribution >= 4 is 10.1 Å². The highest BCUT2D eigenvalue weighted by Gasteiger charge is 2.25. The Balaban J connectivity index is 0.000000593. The molecule has 25 heavy (non-hydrogen) atoms. The summed E-state index contributed by atoms with van der Waals surface area (Å²) in [7, 11) is -4.04. The number of nitrogens with zero attached hydrogens (tertiary/aromatic N) is 1. The molecule has 5 nitrogen and oxygen atoms in total. The van der Waals surface area contributed by atoms with Crippen LogP contribution in [-0.4, -0.2) is 62.1 Å². The van der Waals surface area contributed by atoms with Gasteiger partial charge in [-0.1, -0.05) is 53.4 Å². The van der Waals surface area contributed by atoms with E-state index in [9.17, 15) is 13.0 Å². The van der Waals surface area contributed by atoms with Crippen molar-refractivity contribution in [1.82, 2.24) is 0 Å². The van der Waals surface area contributed by atoms with Crippen LogP contribution in [0, 0.1) is 0 Å². The van der Waals surface area contributed by atoms with Gasteiger partial charge in [-0.3, -0.25) is 0 Å². The van der Waals surface area contributed by atoms with Gasteiger partial charge in [0.05, 0.1) is 54.8 Å². The molecule has 0 spiro atoms. The molecule has 0 aromatic heterocycles. The molecule has 0 aliphatic carbocycles. The molecule has 152 valence electrons. The lowest BCUT2D eigenvalue weighted by molar-refractivity contribution is -0.929. The second kappa shape index (κ2) is 14.0. The Morgan fingerprint density at radius 3 is 1.32 bits per heavy atom. The summed E-state index contributed by atoms with van der Waals surface area (Å²) in [4.78, 5) is 0. The van der Waals surface area contributed by atoms with Gasteiger partial charge < -0.3 is 13.8 Å². The number of rotatable bonds is 14. The summed E-state index contributed by atoms with van der Waals surface area (Å²) in [5, 5.41) is 0. The van der Waals surface area contributed by atoms with E-state index in [2.05, 4.69) is 32.4 Å². The standard InChI is InChI=1S/C16H36N.C3H6O4S/c1-5-9-13-17(14-10-6-2,15-11-7-3)16-12-8-4;4-8(5,6)2-3-1-7-3/h5-16H2,1-4H3;3H,1-2H2,(H,4,5,6)/q+1;/p-1. The minimum Gasteiger partial charge on any atom is -0.748 e. The van der Waals surface area contributed by atoms with Gasteiger partial charge in [0.2, 0.25) is 0 Å². The lowest BCUT2D eigenvalue weighted by Gasteiger charge is -2.39. The highest BCUT2D eigenvalue weighted by atomic mass is 32.2. The number of ether oxygens (including phenoxy) is 1. The molecular formula is C19H41NO4S. The second-order valence-corrected chi connectivity index (χ2v) is 8.78. The molecule has 0 radical (unpaired) electrons. The molecule has 6 heteroatoms. The van der Waals surface area contributed by atoms with Crippen LogP contribution in [0.3, 0.4) is 0 Å². The molecule has 0 aromatic rings. The van der Waals surface area contributed by atoms with Crippen molar-refractivity contribution in [3.63, 3.8) is 0 Å². The third-order valence-corrected chi connectivity index (χ3v) is 5.52. The van der Waals surface area contributed by atoms with Crippen molar-refractivity contribution in [3.05, 3.63) is 0 Å². The van der Waals surface area contributed by atoms with E-state index in [1.807, 2.05) is 0 Å². The average Bonchev–Trinajstić information content (AvgIpc) is 3.36. The maximum Gasteiger partial charge on any atom is 0.0972 e. The Bertz CT molecular complexity index is 370. The monoisotopic (exact) mass is 379 g/mol. The van der Waals surface area contributed by atoms with E-state index in [4.69, 9.17) is 0 Å². The molecule has 1 fully saturated rings. The molecule has 0 amide bonds. The van der Waals surface area contributed by atoms with Gasteiger partial charge in [0.25, 0.3) is 0 Å². The molecule has 0 aromatic carbocycles. The molecule has 1 heterocycles. The number of quaternary nitrogens is 1. The van der Waals surface area contributed by atoms with E-state index in [-0.39, 0.29) is 11.9 Å². The SMILES string of the molecule is CCCC[N+](CCCC)(CCCC)CCCC.O=S(=O)([O-])CC1CO1. The van der Waals surface area contributed by atoms with E-state index in [1.54, 1.807) is 0 Å². The summed E-state index contributed by atoms with van der Waals surface area (Å²) in [6, 6.07) is 0. The van der Waals surface area contributed by atoms with Crippen molar-refractivity contribution in [2.45, 2.75) is 85.2 Å². The van der Waals surface area contributed by atoms with Gasteiger partial charge in [-0.05, 0) is 25.7 Å². The Labute approximate surface area is 156 Å². The van der Waals surface area contributed by atoms with Crippen LogP contribution < -0.4 is 0 Å². The Hall–Kier alpha value is -0.170. The van der Waals surface area contributed by atoms with Gasteiger partial charge in [0, 0.05) is 0 Å². The smallest absolute Gasteiger partial charge is 0.0972 e. The lowest BCUT2D eigenvalue weighted by Crippen LogP contribution is -2.50. The van der Waals surface area contributed by atoms with Crippen LogP contribution in [0.5, 0.6) is 0 Å². The molecule has 1 aliphatic heterocycles. The van der Waals surface area contributed by atoms with Crippen LogP contribution in [0.4, 0.5) is 0 Å². The summed E-state index contributed by atoms with van der Waals surface area (Å²) in [6.07, 6.45) is 10.8. The molecule has 1 atom stereocenters. The molecule has 1 aliphatic rings. The maximum absolute atomic E-state index is 9.85. The highest BCUT2D eigenvalue weighted by molar-refractivity contribution is 7.85. The van der Waals surface area contributed by atoms with Crippen molar-refractivity contribution < 1.29 is 22.2 Å². The van der Waals surface area contributed by atoms with Crippen LogP contribution in [0.1, 0.15) is 79.1 Å². The minimum absolute atomic E-state index is 0.308. The van der Waals surface area contributed by atoms with E-state index < -0.39 is 10.1 Å². The molecule has 1 saturated heterocycles. The first-order valence-electron chi connectivity index (χ1n) is 10.2. The van der Waals surface area contributed by atoms with Crippen molar-refractivity contribution in [2.75, 3.05) is 38.5 Å². The molecule has 1 unspecified atom stereocenters. The predicted molar refractivity (Wildman–Crippen MR) is 104 cm³/mol. The molecule has 0 saturated carbocycles. The third-order valence-electron chi connectivity index (χ3n) is 4.74. The summed E-state index contributed by atoms with van der Waals surface area (Å²) in [5.74, 6) is -0.368. The first-order valence-corrected chi connectivity index (χ1v) is 11.8. The maximum atomic E-state index is 9.85. The van der Waals surface area contributed by atoms with Crippen LogP contribution in [-0.2, 0) is 14.9 Å². The van der Waals surface area contributed by atoms with Crippen molar-refractivity contribution in [3.8, 4) is 0 Å². The largest absolute Gasteiger partial charge is 0.748 e. The Kier molecular flexibility index (Phi) is 13.9. The topological polar surface area (TPSA) is 69.7 Å². The minimum atomic E-state index is -4.04. The summed E-state index contributed by atoms with van der Waals surface area (Å²) in [5.41, 5.74) is 0. The first-order chi connectivity index (χ1) is 11.8. The fraction of sp³-hybridized carbons (Fsp3) is 1.00. The molecule has 0 bridgehead atoms. The summed E-state index contributed by atoms with van der Waals surface area (Å²) in [6.45, 7) is 15.4. The number of hydrogen-bond donors (Lipinski definition) is 0. The third kappa shape index (κ3) is 14.7. The zero-order valence-electron chi connectivity index (χ0n) is 17.0. The fourth-order valence-electron chi connectivity index (χ4n) is 3.04. The van der Waals surface area contributed by atoms with E-state index in [0.717, 1.165) is 0 Å². The fourth-order valence-corrected chi connectivity index (χ4v) is 3.68. The summed E-state index contributed by atoms with van der Waals surface area (Å²) < 4.78 is 35.5. The zero-order chi connectivity index (χ0) is 19.2. The van der Waals surface area contributed by atoms with Gasteiger partial charge in [0.15, 0.2) is 0 Å². The van der Waals surface area contributed by atoms with E-state index in [0.29, 0.717) is 6.61 Å². The Morgan fingerprint density at radius 2 is 1.16 bits per heavy atom. The van der Waals surface area contributed by atoms with Gasteiger partial charge in [-0.2, -0.15) is 0 Å². The zero-order valence-corrected chi connectivity index (χ0v) is 17.8.